The van der Waals surface area contributed by atoms with Crippen LogP contribution in [0.3, 0.4) is 0 Å². The third-order valence-electron chi connectivity index (χ3n) is 8.53. The van der Waals surface area contributed by atoms with E-state index in [0.29, 0.717) is 17.5 Å². The smallest absolute Gasteiger partial charge is 0.227 e. The largest absolute Gasteiger partial charge is 0.438 e. The lowest BCUT2D eigenvalue weighted by molar-refractivity contribution is 0.654. The van der Waals surface area contributed by atoms with Crippen molar-refractivity contribution in [2.24, 2.45) is 0 Å². The first kappa shape index (κ1) is 26.2. The molecule has 3 aromatic heterocycles. The van der Waals surface area contributed by atoms with Crippen LogP contribution in [-0.2, 0) is 0 Å². The number of para-hydroxylation sites is 3. The van der Waals surface area contributed by atoms with Gasteiger partial charge in [0.2, 0.25) is 5.71 Å². The molecular weight excluding hydrogens is 514 g/mol. The summed E-state index contributed by atoms with van der Waals surface area (Å²) in [5.41, 5.74) is 13.5. The van der Waals surface area contributed by atoms with Gasteiger partial charge in [0, 0.05) is 22.5 Å². The maximum Gasteiger partial charge on any atom is 0.227 e. The fraction of sp³-hybridized carbons (Fsp3) is 0.211. The quantitative estimate of drug-likeness (QED) is 0.214. The van der Waals surface area contributed by atoms with Gasteiger partial charge in [-0.15, -0.1) is 0 Å². The molecule has 208 valence electrons. The number of furan rings is 1. The maximum atomic E-state index is 6.05. The van der Waals surface area contributed by atoms with Crippen molar-refractivity contribution in [1.82, 2.24) is 14.5 Å². The minimum atomic E-state index is 0.302. The molecule has 0 spiro atoms. The second kappa shape index (κ2) is 9.99. The molecule has 0 saturated heterocycles. The first-order valence-electron chi connectivity index (χ1n) is 14.8. The van der Waals surface area contributed by atoms with Crippen molar-refractivity contribution in [1.29, 1.82) is 0 Å². The Labute approximate surface area is 246 Å². The van der Waals surface area contributed by atoms with Gasteiger partial charge in [-0.05, 0) is 95.5 Å². The van der Waals surface area contributed by atoms with Gasteiger partial charge in [-0.3, -0.25) is 4.57 Å². The van der Waals surface area contributed by atoms with E-state index in [1.807, 2.05) is 24.4 Å². The second-order valence-corrected chi connectivity index (χ2v) is 12.0. The van der Waals surface area contributed by atoms with Crippen LogP contribution in [0, 0.1) is 13.8 Å². The highest BCUT2D eigenvalue weighted by molar-refractivity contribution is 6.04. The van der Waals surface area contributed by atoms with E-state index in [9.17, 15) is 0 Å². The van der Waals surface area contributed by atoms with Gasteiger partial charge in [0.25, 0.3) is 0 Å². The highest BCUT2D eigenvalue weighted by Crippen LogP contribution is 2.41. The number of aryl methyl sites for hydroxylation is 2. The average molecular weight is 550 g/mol. The summed E-state index contributed by atoms with van der Waals surface area (Å²) >= 11 is 0. The zero-order chi connectivity index (χ0) is 29.1. The molecule has 0 aliphatic rings. The van der Waals surface area contributed by atoms with Crippen molar-refractivity contribution in [3.05, 3.63) is 113 Å². The average Bonchev–Trinajstić information content (AvgIpc) is 3.56. The Morgan fingerprint density at radius 1 is 0.667 bits per heavy atom. The molecule has 4 nitrogen and oxygen atoms in total. The van der Waals surface area contributed by atoms with Crippen LogP contribution < -0.4 is 0 Å². The number of fused-ring (bicyclic) bond motifs is 4. The molecule has 0 aliphatic carbocycles. The normalized spacial score (nSPS) is 12.0. The lowest BCUT2D eigenvalue weighted by Crippen LogP contribution is -2.09. The minimum Gasteiger partial charge on any atom is -0.438 e. The summed E-state index contributed by atoms with van der Waals surface area (Å²) in [4.78, 5) is 9.99. The van der Waals surface area contributed by atoms with E-state index in [1.54, 1.807) is 0 Å². The molecule has 7 aromatic rings. The van der Waals surface area contributed by atoms with Crippen LogP contribution in [0.2, 0.25) is 0 Å². The molecule has 0 unspecified atom stereocenters. The first-order valence-corrected chi connectivity index (χ1v) is 14.8. The summed E-state index contributed by atoms with van der Waals surface area (Å²) in [6.07, 6.45) is 1.90. The molecule has 0 saturated carbocycles. The van der Waals surface area contributed by atoms with Gasteiger partial charge in [-0.1, -0.05) is 76.2 Å². The second-order valence-electron chi connectivity index (χ2n) is 12.0. The summed E-state index contributed by atoms with van der Waals surface area (Å²) in [6.45, 7) is 13.5. The Hall–Kier alpha value is -4.70. The zero-order valence-electron chi connectivity index (χ0n) is 25.1. The molecular formula is C38H35N3O. The summed E-state index contributed by atoms with van der Waals surface area (Å²) < 4.78 is 8.42. The molecule has 0 N–H and O–H groups in total. The first-order chi connectivity index (χ1) is 20.3. The van der Waals surface area contributed by atoms with Crippen molar-refractivity contribution >= 4 is 33.1 Å². The minimum absolute atomic E-state index is 0.302. The number of aromatic nitrogens is 3. The van der Waals surface area contributed by atoms with Crippen LogP contribution in [0.25, 0.3) is 61.3 Å². The summed E-state index contributed by atoms with van der Waals surface area (Å²) in [7, 11) is 0. The lowest BCUT2D eigenvalue weighted by atomic mass is 9.87. The molecule has 4 heteroatoms. The molecule has 7 rings (SSSR count). The van der Waals surface area contributed by atoms with Gasteiger partial charge in [0.15, 0.2) is 0 Å². The molecule has 0 atom stereocenters. The topological polar surface area (TPSA) is 43.9 Å². The SMILES string of the molecule is Cc1ccc(-c2cc(C(C)C)c(-n3c(-c4cnc5oc6ccccc6c5c4)nc4ccccc43)c(C(C)C)c2)cc1C. The molecule has 0 bridgehead atoms. The van der Waals surface area contributed by atoms with Crippen LogP contribution in [0.4, 0.5) is 0 Å². The number of hydrogen-bond acceptors (Lipinski definition) is 3. The molecule has 0 aliphatic heterocycles. The Bertz CT molecular complexity index is 2100. The monoisotopic (exact) mass is 549 g/mol. The highest BCUT2D eigenvalue weighted by Gasteiger charge is 2.24. The van der Waals surface area contributed by atoms with Crippen molar-refractivity contribution < 1.29 is 4.42 Å². The van der Waals surface area contributed by atoms with Crippen molar-refractivity contribution in [3.8, 4) is 28.2 Å². The fourth-order valence-electron chi connectivity index (χ4n) is 6.08. The molecule has 42 heavy (non-hydrogen) atoms. The number of pyridine rings is 1. The predicted molar refractivity (Wildman–Crippen MR) is 175 cm³/mol. The van der Waals surface area contributed by atoms with Crippen molar-refractivity contribution in [2.45, 2.75) is 53.4 Å². The van der Waals surface area contributed by atoms with Crippen LogP contribution in [0.15, 0.2) is 95.5 Å². The van der Waals surface area contributed by atoms with Gasteiger partial charge in [-0.25, -0.2) is 9.97 Å². The van der Waals surface area contributed by atoms with Gasteiger partial charge in [-0.2, -0.15) is 0 Å². The van der Waals surface area contributed by atoms with Crippen LogP contribution >= 0.6 is 0 Å². The van der Waals surface area contributed by atoms with E-state index < -0.39 is 0 Å². The number of hydrogen-bond donors (Lipinski definition) is 0. The predicted octanol–water partition coefficient (Wildman–Crippen LogP) is 10.5. The van der Waals surface area contributed by atoms with E-state index >= 15 is 0 Å². The summed E-state index contributed by atoms with van der Waals surface area (Å²) in [5.74, 6) is 1.49. The third kappa shape index (κ3) is 4.21. The Balaban J connectivity index is 1.54. The summed E-state index contributed by atoms with van der Waals surface area (Å²) in [5, 5.41) is 2.06. The standard InChI is InChI=1S/C38H35N3O/c1-22(2)30-18-27(26-16-15-24(5)25(6)17-26)19-31(23(3)4)36(30)41-34-13-9-8-12-33(34)40-37(41)28-20-32-29-11-7-10-14-35(29)42-38(32)39-21-28/h7-23H,1-6H3. The van der Waals surface area contributed by atoms with Crippen LogP contribution in [0.5, 0.6) is 0 Å². The number of nitrogens with zero attached hydrogens (tertiary/aromatic N) is 3. The Kier molecular flexibility index (Phi) is 6.23. The maximum absolute atomic E-state index is 6.05. The van der Waals surface area contributed by atoms with Gasteiger partial charge in [0.05, 0.1) is 16.7 Å². The van der Waals surface area contributed by atoms with Gasteiger partial charge >= 0.3 is 0 Å². The number of benzene rings is 4. The highest BCUT2D eigenvalue weighted by atomic mass is 16.3. The van der Waals surface area contributed by atoms with Crippen molar-refractivity contribution in [3.63, 3.8) is 0 Å². The Morgan fingerprint density at radius 3 is 2.12 bits per heavy atom. The molecule has 0 radical (unpaired) electrons. The third-order valence-corrected chi connectivity index (χ3v) is 8.53. The summed E-state index contributed by atoms with van der Waals surface area (Å²) in [6, 6.07) is 30.3. The van der Waals surface area contributed by atoms with E-state index in [0.717, 1.165) is 38.8 Å². The van der Waals surface area contributed by atoms with Crippen LogP contribution in [-0.4, -0.2) is 14.5 Å². The van der Waals surface area contributed by atoms with Gasteiger partial charge < -0.3 is 4.42 Å². The number of imidazole rings is 1. The fourth-order valence-corrected chi connectivity index (χ4v) is 6.08. The van der Waals surface area contributed by atoms with E-state index in [2.05, 4.69) is 113 Å². The molecule has 0 amide bonds. The number of rotatable bonds is 5. The van der Waals surface area contributed by atoms with Gasteiger partial charge in [0.1, 0.15) is 11.4 Å². The van der Waals surface area contributed by atoms with E-state index in [-0.39, 0.29) is 0 Å². The van der Waals surface area contributed by atoms with E-state index in [1.165, 1.54) is 39.1 Å². The van der Waals surface area contributed by atoms with Crippen molar-refractivity contribution in [2.75, 3.05) is 0 Å². The van der Waals surface area contributed by atoms with Crippen LogP contribution in [0.1, 0.15) is 61.8 Å². The molecule has 3 heterocycles. The zero-order valence-corrected chi connectivity index (χ0v) is 25.1. The lowest BCUT2D eigenvalue weighted by Gasteiger charge is -2.24. The molecule has 4 aromatic carbocycles. The molecule has 0 fully saturated rings. The Morgan fingerprint density at radius 2 is 1.38 bits per heavy atom. The van der Waals surface area contributed by atoms with E-state index in [4.69, 9.17) is 14.4 Å².